The molecule has 0 spiro atoms. The summed E-state index contributed by atoms with van der Waals surface area (Å²) in [5.41, 5.74) is 1.74. The maximum atomic E-state index is 5.86. The first-order valence-electron chi connectivity index (χ1n) is 6.27. The van der Waals surface area contributed by atoms with Crippen molar-refractivity contribution < 1.29 is 9.47 Å². The summed E-state index contributed by atoms with van der Waals surface area (Å²) in [4.78, 5) is 11.0. The molecular formula is C13H22ClN3O2. The summed E-state index contributed by atoms with van der Waals surface area (Å²) in [5, 5.41) is 0. The van der Waals surface area contributed by atoms with E-state index in [0.29, 0.717) is 31.6 Å². The number of ether oxygens (including phenoxy) is 2. The second-order valence-corrected chi connectivity index (χ2v) is 4.69. The first-order chi connectivity index (χ1) is 9.12. The molecule has 0 aromatic carbocycles. The van der Waals surface area contributed by atoms with Crippen LogP contribution in [-0.4, -0.2) is 50.0 Å². The number of hydrogen-bond donors (Lipinski definition) is 0. The van der Waals surface area contributed by atoms with Crippen molar-refractivity contribution in [3.63, 3.8) is 0 Å². The molecule has 0 aliphatic carbocycles. The van der Waals surface area contributed by atoms with Crippen LogP contribution >= 0.6 is 11.6 Å². The van der Waals surface area contributed by atoms with Crippen LogP contribution in [0.4, 0.5) is 5.95 Å². The van der Waals surface area contributed by atoms with E-state index in [4.69, 9.17) is 21.1 Å². The van der Waals surface area contributed by atoms with Gasteiger partial charge in [0.05, 0.1) is 30.8 Å². The van der Waals surface area contributed by atoms with Crippen LogP contribution in [0.3, 0.4) is 0 Å². The highest BCUT2D eigenvalue weighted by Gasteiger charge is 2.17. The van der Waals surface area contributed by atoms with E-state index < -0.39 is 0 Å². The van der Waals surface area contributed by atoms with Crippen molar-refractivity contribution in [1.82, 2.24) is 9.97 Å². The number of anilines is 1. The summed E-state index contributed by atoms with van der Waals surface area (Å²) in [5.74, 6) is 1.06. The zero-order valence-corrected chi connectivity index (χ0v) is 12.8. The predicted octanol–water partition coefficient (Wildman–Crippen LogP) is 2.01. The Hall–Kier alpha value is -0.910. The fraction of sp³-hybridized carbons (Fsp3) is 0.692. The van der Waals surface area contributed by atoms with E-state index >= 15 is 0 Å². The SMILES string of the molecule is COCCN(c1nc(C)cc(CCl)n1)C(C)COC. The molecule has 1 aromatic rings. The number of rotatable bonds is 8. The quantitative estimate of drug-likeness (QED) is 0.685. The van der Waals surface area contributed by atoms with Crippen LogP contribution in [0, 0.1) is 6.92 Å². The Balaban J connectivity index is 2.97. The summed E-state index contributed by atoms with van der Waals surface area (Å²) in [7, 11) is 3.37. The molecule has 108 valence electrons. The lowest BCUT2D eigenvalue weighted by atomic mass is 10.3. The fourth-order valence-electron chi connectivity index (χ4n) is 1.85. The van der Waals surface area contributed by atoms with Gasteiger partial charge in [-0.25, -0.2) is 9.97 Å². The van der Waals surface area contributed by atoms with Gasteiger partial charge in [0.1, 0.15) is 0 Å². The van der Waals surface area contributed by atoms with Crippen LogP contribution in [0.25, 0.3) is 0 Å². The van der Waals surface area contributed by atoms with Gasteiger partial charge in [-0.1, -0.05) is 0 Å². The van der Waals surface area contributed by atoms with Crippen LogP contribution in [0.1, 0.15) is 18.3 Å². The molecule has 5 nitrogen and oxygen atoms in total. The average molecular weight is 288 g/mol. The maximum Gasteiger partial charge on any atom is 0.226 e. The Morgan fingerprint density at radius 2 is 2.05 bits per heavy atom. The molecule has 0 amide bonds. The van der Waals surface area contributed by atoms with Crippen molar-refractivity contribution in [1.29, 1.82) is 0 Å². The molecule has 1 aromatic heterocycles. The van der Waals surface area contributed by atoms with Crippen molar-refractivity contribution in [2.24, 2.45) is 0 Å². The number of alkyl halides is 1. The van der Waals surface area contributed by atoms with E-state index in [0.717, 1.165) is 11.4 Å². The standard InChI is InChI=1S/C13H22ClN3O2/c1-10-7-12(8-14)16-13(15-10)17(5-6-18-3)11(2)9-19-4/h7,11H,5-6,8-9H2,1-4H3. The normalized spacial score (nSPS) is 12.5. The van der Waals surface area contributed by atoms with Gasteiger partial charge in [-0.15, -0.1) is 11.6 Å². The molecule has 0 aliphatic heterocycles. The Morgan fingerprint density at radius 1 is 1.32 bits per heavy atom. The highest BCUT2D eigenvalue weighted by Crippen LogP contribution is 2.14. The summed E-state index contributed by atoms with van der Waals surface area (Å²) >= 11 is 5.86. The van der Waals surface area contributed by atoms with Crippen LogP contribution in [0.15, 0.2) is 6.07 Å². The minimum absolute atomic E-state index is 0.171. The third-order valence-electron chi connectivity index (χ3n) is 2.77. The number of aryl methyl sites for hydroxylation is 1. The largest absolute Gasteiger partial charge is 0.383 e. The third kappa shape index (κ3) is 4.93. The second-order valence-electron chi connectivity index (χ2n) is 4.42. The van der Waals surface area contributed by atoms with Crippen LogP contribution in [-0.2, 0) is 15.4 Å². The number of nitrogens with zero attached hydrogens (tertiary/aromatic N) is 3. The van der Waals surface area contributed by atoms with Gasteiger partial charge < -0.3 is 14.4 Å². The van der Waals surface area contributed by atoms with Crippen molar-refractivity contribution in [2.45, 2.75) is 25.8 Å². The van der Waals surface area contributed by atoms with Gasteiger partial charge in [-0.3, -0.25) is 0 Å². The minimum Gasteiger partial charge on any atom is -0.383 e. The Morgan fingerprint density at radius 3 is 2.63 bits per heavy atom. The third-order valence-corrected chi connectivity index (χ3v) is 3.04. The van der Waals surface area contributed by atoms with Crippen molar-refractivity contribution >= 4 is 17.5 Å². The number of aromatic nitrogens is 2. The first-order valence-corrected chi connectivity index (χ1v) is 6.80. The molecule has 1 unspecified atom stereocenters. The van der Waals surface area contributed by atoms with E-state index in [1.807, 2.05) is 13.0 Å². The molecule has 1 rings (SSSR count). The lowest BCUT2D eigenvalue weighted by Gasteiger charge is -2.29. The van der Waals surface area contributed by atoms with E-state index in [9.17, 15) is 0 Å². The van der Waals surface area contributed by atoms with Crippen LogP contribution in [0.5, 0.6) is 0 Å². The van der Waals surface area contributed by atoms with Gasteiger partial charge in [0.15, 0.2) is 0 Å². The van der Waals surface area contributed by atoms with Crippen molar-refractivity contribution in [3.8, 4) is 0 Å². The molecule has 0 fully saturated rings. The van der Waals surface area contributed by atoms with Gasteiger partial charge in [0, 0.05) is 26.5 Å². The van der Waals surface area contributed by atoms with E-state index in [1.54, 1.807) is 14.2 Å². The van der Waals surface area contributed by atoms with Crippen LogP contribution in [0.2, 0.25) is 0 Å². The maximum absolute atomic E-state index is 5.86. The van der Waals surface area contributed by atoms with Gasteiger partial charge in [0.2, 0.25) is 5.95 Å². The highest BCUT2D eigenvalue weighted by molar-refractivity contribution is 6.16. The summed E-state index contributed by atoms with van der Waals surface area (Å²) in [6, 6.07) is 2.07. The highest BCUT2D eigenvalue weighted by atomic mass is 35.5. The molecule has 0 saturated heterocycles. The molecule has 0 aliphatic rings. The van der Waals surface area contributed by atoms with E-state index in [1.165, 1.54) is 0 Å². The van der Waals surface area contributed by atoms with E-state index in [-0.39, 0.29) is 6.04 Å². The predicted molar refractivity (Wildman–Crippen MR) is 76.9 cm³/mol. The topological polar surface area (TPSA) is 47.5 Å². The van der Waals surface area contributed by atoms with E-state index in [2.05, 4.69) is 21.8 Å². The molecule has 1 heterocycles. The van der Waals surface area contributed by atoms with Crippen molar-refractivity contribution in [2.75, 3.05) is 38.9 Å². The van der Waals surface area contributed by atoms with Gasteiger partial charge in [0.25, 0.3) is 0 Å². The minimum atomic E-state index is 0.171. The summed E-state index contributed by atoms with van der Waals surface area (Å²) in [6.45, 7) is 5.95. The van der Waals surface area contributed by atoms with Gasteiger partial charge in [-0.2, -0.15) is 0 Å². The lowest BCUT2D eigenvalue weighted by Crippen LogP contribution is -2.40. The smallest absolute Gasteiger partial charge is 0.226 e. The molecule has 1 atom stereocenters. The molecule has 6 heteroatoms. The summed E-state index contributed by atoms with van der Waals surface area (Å²) in [6.07, 6.45) is 0. The zero-order valence-electron chi connectivity index (χ0n) is 12.0. The Kier molecular flexibility index (Phi) is 7.05. The summed E-state index contributed by atoms with van der Waals surface area (Å²) < 4.78 is 10.4. The average Bonchev–Trinajstić information content (AvgIpc) is 2.39. The van der Waals surface area contributed by atoms with Crippen molar-refractivity contribution in [3.05, 3.63) is 17.5 Å². The monoisotopic (exact) mass is 287 g/mol. The lowest BCUT2D eigenvalue weighted by molar-refractivity contribution is 0.170. The second kappa shape index (κ2) is 8.30. The molecule has 19 heavy (non-hydrogen) atoms. The Labute approximate surface area is 119 Å². The number of halogens is 1. The zero-order chi connectivity index (χ0) is 14.3. The molecule has 0 saturated carbocycles. The van der Waals surface area contributed by atoms with Gasteiger partial charge in [-0.05, 0) is 19.9 Å². The molecular weight excluding hydrogens is 266 g/mol. The fourth-order valence-corrected chi connectivity index (χ4v) is 1.99. The van der Waals surface area contributed by atoms with Crippen LogP contribution < -0.4 is 4.90 Å². The first kappa shape index (κ1) is 16.1. The Bertz CT molecular complexity index is 390. The van der Waals surface area contributed by atoms with Gasteiger partial charge >= 0.3 is 0 Å². The number of hydrogen-bond acceptors (Lipinski definition) is 5. The molecule has 0 bridgehead atoms. The number of methoxy groups -OCH3 is 2. The molecule has 0 radical (unpaired) electrons. The molecule has 0 N–H and O–H groups in total.